The number of halogens is 1. The van der Waals surface area contributed by atoms with Crippen LogP contribution in [0.15, 0.2) is 0 Å². The number of sulfone groups is 1. The van der Waals surface area contributed by atoms with E-state index in [1.807, 2.05) is 20.8 Å². The number of ether oxygens (including phenoxy) is 1. The molecule has 0 radical (unpaired) electrons. The van der Waals surface area contributed by atoms with E-state index in [0.29, 0.717) is 0 Å². The quantitative estimate of drug-likeness (QED) is 0.757. The van der Waals surface area contributed by atoms with Crippen molar-refractivity contribution in [1.29, 1.82) is 0 Å². The molecular formula is C12H20ClNO4S. The zero-order valence-electron chi connectivity index (χ0n) is 11.3. The van der Waals surface area contributed by atoms with Crippen LogP contribution in [0.1, 0.15) is 20.8 Å². The van der Waals surface area contributed by atoms with Gasteiger partial charge in [-0.2, -0.15) is 0 Å². The fourth-order valence-corrected chi connectivity index (χ4v) is 5.48. The number of carbonyl (C=O) groups excluding carboxylic acids is 1. The molecule has 1 amide bonds. The molecule has 0 aromatic heterocycles. The molecule has 2 aliphatic rings. The van der Waals surface area contributed by atoms with E-state index in [0.717, 1.165) is 0 Å². The topological polar surface area (TPSA) is 72.5 Å². The van der Waals surface area contributed by atoms with Crippen molar-refractivity contribution in [2.45, 2.75) is 44.4 Å². The van der Waals surface area contributed by atoms with Gasteiger partial charge in [-0.3, -0.25) is 4.79 Å². The molecule has 19 heavy (non-hydrogen) atoms. The lowest BCUT2D eigenvalue weighted by Crippen LogP contribution is -2.46. The Morgan fingerprint density at radius 2 is 1.84 bits per heavy atom. The summed E-state index contributed by atoms with van der Waals surface area (Å²) in [5, 5.41) is 2.24. The lowest BCUT2D eigenvalue weighted by atomic mass is 9.88. The molecule has 2 fully saturated rings. The van der Waals surface area contributed by atoms with Crippen molar-refractivity contribution < 1.29 is 17.9 Å². The Bertz CT molecular complexity index is 466. The second kappa shape index (κ2) is 5.22. The average molecular weight is 310 g/mol. The maximum absolute atomic E-state index is 12.3. The van der Waals surface area contributed by atoms with E-state index in [-0.39, 0.29) is 41.5 Å². The minimum atomic E-state index is -3.13. The van der Waals surface area contributed by atoms with E-state index < -0.39 is 21.3 Å². The zero-order valence-corrected chi connectivity index (χ0v) is 12.9. The second-order valence-corrected chi connectivity index (χ2v) is 8.35. The lowest BCUT2D eigenvalue weighted by molar-refractivity contribution is -0.127. The van der Waals surface area contributed by atoms with Gasteiger partial charge in [0, 0.05) is 0 Å². The fraction of sp³-hybridized carbons (Fsp3) is 0.917. The average Bonchev–Trinajstić information content (AvgIpc) is 2.64. The Hall–Kier alpha value is -0.330. The summed E-state index contributed by atoms with van der Waals surface area (Å²) in [4.78, 5) is 12.3. The summed E-state index contributed by atoms with van der Waals surface area (Å²) in [6.45, 7) is 5.79. The Labute approximate surface area is 118 Å². The molecule has 0 spiro atoms. The predicted molar refractivity (Wildman–Crippen MR) is 72.9 cm³/mol. The molecule has 2 rings (SSSR count). The Morgan fingerprint density at radius 3 is 2.26 bits per heavy atom. The molecule has 0 saturated carbocycles. The van der Waals surface area contributed by atoms with Crippen LogP contribution >= 0.6 is 11.6 Å². The molecule has 6 unspecified atom stereocenters. The van der Waals surface area contributed by atoms with Gasteiger partial charge in [0.1, 0.15) is 0 Å². The van der Waals surface area contributed by atoms with Gasteiger partial charge in [-0.05, 0) is 19.8 Å². The highest BCUT2D eigenvalue weighted by Crippen LogP contribution is 2.32. The Morgan fingerprint density at radius 1 is 1.21 bits per heavy atom. The van der Waals surface area contributed by atoms with Crippen LogP contribution < -0.4 is 5.32 Å². The van der Waals surface area contributed by atoms with Gasteiger partial charge in [-0.15, -0.1) is 11.6 Å². The van der Waals surface area contributed by atoms with Gasteiger partial charge in [0.15, 0.2) is 9.84 Å². The number of hydrogen-bond acceptors (Lipinski definition) is 4. The van der Waals surface area contributed by atoms with E-state index in [1.54, 1.807) is 0 Å². The van der Waals surface area contributed by atoms with Crippen molar-refractivity contribution in [3.8, 4) is 0 Å². The van der Waals surface area contributed by atoms with Crippen molar-refractivity contribution in [3.05, 3.63) is 0 Å². The highest BCUT2D eigenvalue weighted by molar-refractivity contribution is 7.91. The summed E-state index contributed by atoms with van der Waals surface area (Å²) >= 11 is 5.99. The highest BCUT2D eigenvalue weighted by atomic mass is 35.5. The lowest BCUT2D eigenvalue weighted by Gasteiger charge is -2.21. The largest absolute Gasteiger partial charge is 0.374 e. The van der Waals surface area contributed by atoms with Crippen LogP contribution in [-0.4, -0.2) is 49.5 Å². The van der Waals surface area contributed by atoms with Crippen molar-refractivity contribution in [2.75, 3.05) is 11.5 Å². The number of alkyl halides is 1. The second-order valence-electron chi connectivity index (χ2n) is 5.64. The number of nitrogens with one attached hydrogen (secondary N) is 1. The molecule has 0 aliphatic carbocycles. The van der Waals surface area contributed by atoms with Crippen LogP contribution in [0.3, 0.4) is 0 Å². The molecule has 2 saturated heterocycles. The molecule has 2 aliphatic heterocycles. The number of carbonyl (C=O) groups is 1. The summed E-state index contributed by atoms with van der Waals surface area (Å²) in [6.07, 6.45) is -0.123. The van der Waals surface area contributed by atoms with Crippen LogP contribution in [0, 0.1) is 11.8 Å². The first-order valence-corrected chi connectivity index (χ1v) is 8.77. The van der Waals surface area contributed by atoms with Crippen molar-refractivity contribution in [1.82, 2.24) is 5.32 Å². The zero-order chi connectivity index (χ0) is 14.4. The Kier molecular flexibility index (Phi) is 4.14. The summed E-state index contributed by atoms with van der Waals surface area (Å²) in [5.74, 6) is -0.429. The molecule has 5 nitrogen and oxygen atoms in total. The minimum absolute atomic E-state index is 0.0323. The van der Waals surface area contributed by atoms with Crippen LogP contribution in [-0.2, 0) is 19.4 Å². The van der Waals surface area contributed by atoms with Crippen molar-refractivity contribution >= 4 is 27.3 Å². The fourth-order valence-electron chi connectivity index (χ4n) is 2.93. The summed E-state index contributed by atoms with van der Waals surface area (Å²) in [6, 6.07) is -0.491. The van der Waals surface area contributed by atoms with Gasteiger partial charge in [0.25, 0.3) is 0 Å². The monoisotopic (exact) mass is 309 g/mol. The van der Waals surface area contributed by atoms with Gasteiger partial charge < -0.3 is 10.1 Å². The van der Waals surface area contributed by atoms with Crippen molar-refractivity contribution in [3.63, 3.8) is 0 Å². The molecule has 0 bridgehead atoms. The van der Waals surface area contributed by atoms with E-state index in [4.69, 9.17) is 16.3 Å². The molecule has 2 heterocycles. The molecule has 110 valence electrons. The van der Waals surface area contributed by atoms with Gasteiger partial charge in [-0.1, -0.05) is 6.92 Å². The van der Waals surface area contributed by atoms with Crippen LogP contribution in [0.5, 0.6) is 0 Å². The number of amides is 1. The third kappa shape index (κ3) is 3.06. The first kappa shape index (κ1) is 15.1. The molecular weight excluding hydrogens is 290 g/mol. The van der Waals surface area contributed by atoms with Gasteiger partial charge in [0.2, 0.25) is 5.91 Å². The maximum atomic E-state index is 12.3. The normalized spacial score (nSPS) is 45.3. The van der Waals surface area contributed by atoms with E-state index in [1.165, 1.54) is 0 Å². The highest BCUT2D eigenvalue weighted by Gasteiger charge is 2.44. The van der Waals surface area contributed by atoms with E-state index in [2.05, 4.69) is 5.32 Å². The SMILES string of the molecule is CC1OC(C)C(C(=O)NC2CS(=O)(=O)CC2Cl)C1C. The van der Waals surface area contributed by atoms with Crippen LogP contribution in [0.2, 0.25) is 0 Å². The first-order chi connectivity index (χ1) is 8.71. The van der Waals surface area contributed by atoms with Gasteiger partial charge in [-0.25, -0.2) is 8.42 Å². The molecule has 0 aromatic rings. The Balaban J connectivity index is 2.02. The molecule has 1 N–H and O–H groups in total. The summed E-state index contributed by atoms with van der Waals surface area (Å²) < 4.78 is 28.6. The molecule has 7 heteroatoms. The number of hydrogen-bond donors (Lipinski definition) is 1. The number of rotatable bonds is 2. The van der Waals surface area contributed by atoms with Crippen LogP contribution in [0.25, 0.3) is 0 Å². The van der Waals surface area contributed by atoms with Gasteiger partial charge in [0.05, 0.1) is 41.1 Å². The first-order valence-electron chi connectivity index (χ1n) is 6.51. The third-order valence-corrected chi connectivity index (χ3v) is 6.53. The van der Waals surface area contributed by atoms with Crippen LogP contribution in [0.4, 0.5) is 0 Å². The third-order valence-electron chi connectivity index (χ3n) is 4.16. The standard InChI is InChI=1S/C12H20ClNO4S/c1-6-7(2)18-8(3)11(6)12(15)14-10-5-19(16,17)4-9(10)13/h6-11H,4-5H2,1-3H3,(H,14,15). The van der Waals surface area contributed by atoms with Gasteiger partial charge >= 0.3 is 0 Å². The smallest absolute Gasteiger partial charge is 0.226 e. The van der Waals surface area contributed by atoms with Crippen molar-refractivity contribution in [2.24, 2.45) is 11.8 Å². The maximum Gasteiger partial charge on any atom is 0.226 e. The summed E-state index contributed by atoms with van der Waals surface area (Å²) in [5.41, 5.74) is 0. The van der Waals surface area contributed by atoms with E-state index >= 15 is 0 Å². The predicted octanol–water partition coefficient (Wildman–Crippen LogP) is 0.566. The molecule has 0 aromatic carbocycles. The minimum Gasteiger partial charge on any atom is -0.374 e. The van der Waals surface area contributed by atoms with E-state index in [9.17, 15) is 13.2 Å². The summed E-state index contributed by atoms with van der Waals surface area (Å²) in [7, 11) is -3.13. The molecule has 6 atom stereocenters.